The number of hydrogen-bond acceptors (Lipinski definition) is 21. The molecule has 52 heavy (non-hydrogen) atoms. The average molecular weight is 731 g/mol. The summed E-state index contributed by atoms with van der Waals surface area (Å²) >= 11 is 0. The quantitative estimate of drug-likeness (QED) is 0.133. The maximum Gasteiger partial charge on any atom is 0.308 e. The number of non-ortho nitro benzene ring substituents is 3. The Morgan fingerprint density at radius 3 is 0.981 bits per heavy atom. The fraction of sp³-hybridized carbons (Fsp3) is 0. The highest BCUT2D eigenvalue weighted by atomic mass is 16.7. The number of nitro benzene ring substituents is 9. The molecule has 4 aromatic rings. The molecule has 0 aliphatic heterocycles. The Bertz CT molecular complexity index is 2230. The maximum absolute atomic E-state index is 12.1. The van der Waals surface area contributed by atoms with Crippen LogP contribution in [0.3, 0.4) is 0 Å². The number of hydrogen-bond donors (Lipinski definition) is 2. The standard InChI is InChI=1S/C21H9N13O18/c35-26(36)8-1-11(29(41)42)19(12(2-8)30(43)44)22-17-7-18(23-20-13(31(45)46)3-9(27(37)38)4-14(20)32(47)48)25(24-17)21-15(33(49)50)5-10(28(39)40)6-16(21)34(51)52/h1-7,23H,(H,22,24). The third kappa shape index (κ3) is 6.72. The fourth-order valence-corrected chi connectivity index (χ4v) is 4.39. The first-order valence-electron chi connectivity index (χ1n) is 12.7. The van der Waals surface area contributed by atoms with Crippen LogP contribution in [0.1, 0.15) is 0 Å². The number of nitrogens with zero attached hydrogens (tertiary/aromatic N) is 11. The van der Waals surface area contributed by atoms with Gasteiger partial charge in [-0.15, -0.1) is 5.10 Å². The number of anilines is 4. The van der Waals surface area contributed by atoms with E-state index >= 15 is 0 Å². The smallest absolute Gasteiger partial charge is 0.308 e. The molecule has 0 radical (unpaired) electrons. The molecule has 0 atom stereocenters. The SMILES string of the molecule is O=[N+]([O-])c1cc([N+](=O)[O-])c(Nc2cc(Nc3c([N+](=O)[O-])cc([N+](=O)[O-])cc3[N+](=O)[O-])n(-c3c([N+](=O)[O-])cc([N+](=O)[O-])cc3[N+](=O)[O-])n2)c([N+](=O)[O-])c1. The molecule has 31 heteroatoms. The van der Waals surface area contributed by atoms with Crippen molar-refractivity contribution in [3.63, 3.8) is 0 Å². The second-order valence-corrected chi connectivity index (χ2v) is 9.44. The Hall–Kier alpha value is -8.93. The van der Waals surface area contributed by atoms with Gasteiger partial charge in [0.1, 0.15) is 5.82 Å². The molecule has 4 rings (SSSR count). The van der Waals surface area contributed by atoms with Crippen LogP contribution in [-0.2, 0) is 0 Å². The van der Waals surface area contributed by atoms with E-state index in [0.717, 1.165) is 0 Å². The summed E-state index contributed by atoms with van der Waals surface area (Å²) in [7, 11) is 0. The van der Waals surface area contributed by atoms with Crippen molar-refractivity contribution in [3.05, 3.63) is 133 Å². The lowest BCUT2D eigenvalue weighted by Crippen LogP contribution is -2.11. The van der Waals surface area contributed by atoms with E-state index in [1.54, 1.807) is 0 Å². The molecule has 0 aliphatic carbocycles. The van der Waals surface area contributed by atoms with Crippen LogP contribution in [0.25, 0.3) is 5.69 Å². The second kappa shape index (κ2) is 13.3. The first kappa shape index (κ1) is 35.9. The molecule has 1 aromatic heterocycles. The van der Waals surface area contributed by atoms with Crippen LogP contribution in [0.5, 0.6) is 0 Å². The van der Waals surface area contributed by atoms with Gasteiger partial charge in [0.2, 0.25) is 5.69 Å². The predicted octanol–water partition coefficient (Wildman–Crippen LogP) is 4.53. The van der Waals surface area contributed by atoms with Gasteiger partial charge in [-0.05, 0) is 0 Å². The number of aromatic nitrogens is 2. The molecule has 3 aromatic carbocycles. The van der Waals surface area contributed by atoms with Crippen molar-refractivity contribution in [1.29, 1.82) is 0 Å². The van der Waals surface area contributed by atoms with E-state index < -0.39 is 124 Å². The van der Waals surface area contributed by atoms with Crippen LogP contribution < -0.4 is 10.6 Å². The summed E-state index contributed by atoms with van der Waals surface area (Å²) in [6.07, 6.45) is 0. The van der Waals surface area contributed by atoms with E-state index in [2.05, 4.69) is 5.10 Å². The molecule has 0 saturated carbocycles. The monoisotopic (exact) mass is 731 g/mol. The molecule has 0 saturated heterocycles. The first-order valence-corrected chi connectivity index (χ1v) is 12.7. The van der Waals surface area contributed by atoms with Crippen molar-refractivity contribution in [2.24, 2.45) is 0 Å². The van der Waals surface area contributed by atoms with E-state index in [1.165, 1.54) is 0 Å². The van der Waals surface area contributed by atoms with Crippen LogP contribution in [0.2, 0.25) is 0 Å². The minimum Gasteiger partial charge on any atom is -0.329 e. The largest absolute Gasteiger partial charge is 0.329 e. The minimum atomic E-state index is -1.47. The van der Waals surface area contributed by atoms with E-state index in [4.69, 9.17) is 0 Å². The van der Waals surface area contributed by atoms with Crippen LogP contribution in [-0.4, -0.2) is 54.1 Å². The van der Waals surface area contributed by atoms with Crippen molar-refractivity contribution >= 4 is 74.2 Å². The summed E-state index contributed by atoms with van der Waals surface area (Å²) in [5, 5.41) is 113. The van der Waals surface area contributed by atoms with Crippen molar-refractivity contribution in [1.82, 2.24) is 9.78 Å². The van der Waals surface area contributed by atoms with Gasteiger partial charge in [0.25, 0.3) is 17.1 Å². The summed E-state index contributed by atoms with van der Waals surface area (Å²) in [6, 6.07) is 1.90. The van der Waals surface area contributed by atoms with Gasteiger partial charge in [0.15, 0.2) is 17.2 Å². The zero-order chi connectivity index (χ0) is 38.9. The van der Waals surface area contributed by atoms with Crippen LogP contribution in [0, 0.1) is 91.0 Å². The van der Waals surface area contributed by atoms with E-state index in [0.29, 0.717) is 6.07 Å². The molecule has 0 spiro atoms. The van der Waals surface area contributed by atoms with E-state index in [9.17, 15) is 91.0 Å². The zero-order valence-electron chi connectivity index (χ0n) is 24.3. The molecule has 2 N–H and O–H groups in total. The lowest BCUT2D eigenvalue weighted by molar-refractivity contribution is -0.403. The normalized spacial score (nSPS) is 10.5. The predicted molar refractivity (Wildman–Crippen MR) is 163 cm³/mol. The lowest BCUT2D eigenvalue weighted by Gasteiger charge is -2.11. The zero-order valence-corrected chi connectivity index (χ0v) is 24.3. The highest BCUT2D eigenvalue weighted by Gasteiger charge is 2.37. The Balaban J connectivity index is 2.15. The topological polar surface area (TPSA) is 430 Å². The number of benzene rings is 3. The highest BCUT2D eigenvalue weighted by molar-refractivity contribution is 5.85. The number of rotatable bonds is 14. The second-order valence-electron chi connectivity index (χ2n) is 9.44. The molecule has 0 unspecified atom stereocenters. The maximum atomic E-state index is 12.1. The average Bonchev–Trinajstić information content (AvgIpc) is 3.44. The Morgan fingerprint density at radius 2 is 0.692 bits per heavy atom. The Labute approximate surface area is 278 Å². The van der Waals surface area contributed by atoms with Gasteiger partial charge in [-0.3, -0.25) is 91.0 Å². The third-order valence-corrected chi connectivity index (χ3v) is 6.46. The van der Waals surface area contributed by atoms with Gasteiger partial charge in [-0.1, -0.05) is 0 Å². The molecule has 31 nitrogen and oxygen atoms in total. The minimum absolute atomic E-state index is 0.0975. The van der Waals surface area contributed by atoms with Crippen LogP contribution in [0.15, 0.2) is 42.5 Å². The molecule has 0 fully saturated rings. The van der Waals surface area contributed by atoms with E-state index in [-0.39, 0.29) is 41.1 Å². The van der Waals surface area contributed by atoms with Gasteiger partial charge in [0, 0.05) is 6.07 Å². The van der Waals surface area contributed by atoms with E-state index in [1.807, 2.05) is 10.6 Å². The van der Waals surface area contributed by atoms with Crippen molar-refractivity contribution in [2.75, 3.05) is 10.6 Å². The number of nitrogens with one attached hydrogen (secondary N) is 2. The van der Waals surface area contributed by atoms with Crippen molar-refractivity contribution < 1.29 is 44.3 Å². The highest BCUT2D eigenvalue weighted by Crippen LogP contribution is 2.45. The molecule has 266 valence electrons. The number of nitro groups is 9. The summed E-state index contributed by atoms with van der Waals surface area (Å²) in [6.45, 7) is 0. The van der Waals surface area contributed by atoms with Crippen LogP contribution >= 0.6 is 0 Å². The third-order valence-electron chi connectivity index (χ3n) is 6.46. The molecule has 0 amide bonds. The lowest BCUT2D eigenvalue weighted by atomic mass is 10.2. The molecule has 0 aliphatic rings. The van der Waals surface area contributed by atoms with Crippen molar-refractivity contribution in [2.45, 2.75) is 0 Å². The Kier molecular flexibility index (Phi) is 9.18. The van der Waals surface area contributed by atoms with Gasteiger partial charge in [-0.2, -0.15) is 0 Å². The molecule has 0 bridgehead atoms. The van der Waals surface area contributed by atoms with Crippen LogP contribution in [0.4, 0.5) is 74.2 Å². The fourth-order valence-electron chi connectivity index (χ4n) is 4.39. The van der Waals surface area contributed by atoms with Gasteiger partial charge >= 0.3 is 34.1 Å². The van der Waals surface area contributed by atoms with Gasteiger partial charge in [0.05, 0.1) is 80.7 Å². The summed E-state index contributed by atoms with van der Waals surface area (Å²) < 4.78 is 0.0975. The van der Waals surface area contributed by atoms with Gasteiger partial charge in [-0.25, -0.2) is 4.68 Å². The first-order chi connectivity index (χ1) is 24.2. The summed E-state index contributed by atoms with van der Waals surface area (Å²) in [5.74, 6) is -1.97. The molecule has 1 heterocycles. The van der Waals surface area contributed by atoms with Crippen molar-refractivity contribution in [3.8, 4) is 5.69 Å². The molecular formula is C21H9N13O18. The Morgan fingerprint density at radius 1 is 0.404 bits per heavy atom. The molecular weight excluding hydrogens is 722 g/mol. The summed E-state index contributed by atoms with van der Waals surface area (Å²) in [4.78, 5) is 93.7. The summed E-state index contributed by atoms with van der Waals surface area (Å²) in [5.41, 5.74) is -15.7. The van der Waals surface area contributed by atoms with Gasteiger partial charge < -0.3 is 10.6 Å².